The zero-order valence-electron chi connectivity index (χ0n) is 9.98. The SMILES string of the molecule is CC(C)C1CCCCC1N1C(=O)C=CC1=O. The summed E-state index contributed by atoms with van der Waals surface area (Å²) in [5.41, 5.74) is 0. The molecule has 0 bridgehead atoms. The number of hydrogen-bond acceptors (Lipinski definition) is 2. The van der Waals surface area contributed by atoms with Crippen LogP contribution in [0.25, 0.3) is 0 Å². The van der Waals surface area contributed by atoms with Crippen molar-refractivity contribution in [2.24, 2.45) is 11.8 Å². The van der Waals surface area contributed by atoms with Gasteiger partial charge in [-0.05, 0) is 24.7 Å². The Morgan fingerprint density at radius 3 is 2.25 bits per heavy atom. The van der Waals surface area contributed by atoms with Gasteiger partial charge in [-0.2, -0.15) is 0 Å². The van der Waals surface area contributed by atoms with Crippen molar-refractivity contribution < 1.29 is 9.59 Å². The van der Waals surface area contributed by atoms with E-state index in [4.69, 9.17) is 0 Å². The molecule has 0 N–H and O–H groups in total. The molecule has 1 heterocycles. The Labute approximate surface area is 96.5 Å². The maximum absolute atomic E-state index is 11.7. The number of hydrogen-bond donors (Lipinski definition) is 0. The van der Waals surface area contributed by atoms with Crippen LogP contribution in [-0.2, 0) is 9.59 Å². The summed E-state index contributed by atoms with van der Waals surface area (Å²) in [7, 11) is 0. The van der Waals surface area contributed by atoms with Crippen LogP contribution in [0, 0.1) is 11.8 Å². The van der Waals surface area contributed by atoms with Crippen LogP contribution in [0.1, 0.15) is 39.5 Å². The van der Waals surface area contributed by atoms with E-state index >= 15 is 0 Å². The van der Waals surface area contributed by atoms with Crippen molar-refractivity contribution in [2.75, 3.05) is 0 Å². The molecular weight excluding hydrogens is 202 g/mol. The van der Waals surface area contributed by atoms with E-state index in [0.29, 0.717) is 11.8 Å². The molecule has 2 amide bonds. The van der Waals surface area contributed by atoms with Crippen molar-refractivity contribution in [1.82, 2.24) is 4.90 Å². The first kappa shape index (κ1) is 11.4. The van der Waals surface area contributed by atoms with Gasteiger partial charge in [0.2, 0.25) is 0 Å². The number of rotatable bonds is 2. The van der Waals surface area contributed by atoms with Crippen molar-refractivity contribution in [1.29, 1.82) is 0 Å². The molecule has 0 saturated heterocycles. The number of carbonyl (C=O) groups excluding carboxylic acids is 2. The van der Waals surface area contributed by atoms with Crippen LogP contribution in [0.3, 0.4) is 0 Å². The van der Waals surface area contributed by atoms with Crippen molar-refractivity contribution in [2.45, 2.75) is 45.6 Å². The summed E-state index contributed by atoms with van der Waals surface area (Å²) in [5, 5.41) is 0. The van der Waals surface area contributed by atoms with E-state index in [-0.39, 0.29) is 17.9 Å². The fraction of sp³-hybridized carbons (Fsp3) is 0.692. The van der Waals surface area contributed by atoms with E-state index in [1.54, 1.807) is 0 Å². The topological polar surface area (TPSA) is 37.4 Å². The molecule has 2 aliphatic rings. The molecule has 0 spiro atoms. The largest absolute Gasteiger partial charge is 0.272 e. The quantitative estimate of drug-likeness (QED) is 0.670. The fourth-order valence-corrected chi connectivity index (χ4v) is 2.98. The van der Waals surface area contributed by atoms with Crippen LogP contribution in [0.4, 0.5) is 0 Å². The summed E-state index contributed by atoms with van der Waals surface area (Å²) in [6, 6.07) is 0.128. The minimum atomic E-state index is -0.123. The van der Waals surface area contributed by atoms with Crippen molar-refractivity contribution in [3.63, 3.8) is 0 Å². The summed E-state index contributed by atoms with van der Waals surface area (Å²) in [5.74, 6) is 0.762. The van der Waals surface area contributed by atoms with Crippen molar-refractivity contribution in [3.05, 3.63) is 12.2 Å². The molecule has 16 heavy (non-hydrogen) atoms. The number of nitrogens with zero attached hydrogens (tertiary/aromatic N) is 1. The fourth-order valence-electron chi connectivity index (χ4n) is 2.98. The molecule has 1 saturated carbocycles. The summed E-state index contributed by atoms with van der Waals surface area (Å²) >= 11 is 0. The maximum Gasteiger partial charge on any atom is 0.253 e. The first-order valence-electron chi connectivity index (χ1n) is 6.16. The monoisotopic (exact) mass is 221 g/mol. The normalized spacial score (nSPS) is 30.6. The van der Waals surface area contributed by atoms with E-state index in [2.05, 4.69) is 13.8 Å². The second-order valence-corrected chi connectivity index (χ2v) is 5.14. The summed E-state index contributed by atoms with van der Waals surface area (Å²) < 4.78 is 0. The second-order valence-electron chi connectivity index (χ2n) is 5.14. The minimum absolute atomic E-state index is 0.123. The third kappa shape index (κ3) is 1.91. The molecule has 3 nitrogen and oxygen atoms in total. The Bertz CT molecular complexity index is 315. The molecule has 0 aromatic rings. The molecule has 0 aromatic heterocycles. The van der Waals surface area contributed by atoms with Gasteiger partial charge in [0.05, 0.1) is 0 Å². The van der Waals surface area contributed by atoms with Gasteiger partial charge >= 0.3 is 0 Å². The number of amides is 2. The lowest BCUT2D eigenvalue weighted by Gasteiger charge is -2.38. The van der Waals surface area contributed by atoms with E-state index in [1.165, 1.54) is 23.5 Å². The van der Waals surface area contributed by atoms with Gasteiger partial charge in [0, 0.05) is 18.2 Å². The molecule has 1 aliphatic heterocycles. The van der Waals surface area contributed by atoms with Gasteiger partial charge in [-0.25, -0.2) is 0 Å². The molecule has 2 unspecified atom stereocenters. The lowest BCUT2D eigenvalue weighted by atomic mass is 9.77. The minimum Gasteiger partial charge on any atom is -0.272 e. The highest BCUT2D eigenvalue weighted by Gasteiger charge is 2.38. The van der Waals surface area contributed by atoms with Crippen LogP contribution in [-0.4, -0.2) is 22.8 Å². The molecule has 0 radical (unpaired) electrons. The van der Waals surface area contributed by atoms with E-state index in [9.17, 15) is 9.59 Å². The van der Waals surface area contributed by atoms with E-state index in [0.717, 1.165) is 19.3 Å². The first-order valence-corrected chi connectivity index (χ1v) is 6.16. The predicted octanol–water partition coefficient (Wildman–Crippen LogP) is 2.13. The maximum atomic E-state index is 11.7. The second kappa shape index (κ2) is 4.40. The molecular formula is C13H19NO2. The van der Waals surface area contributed by atoms with Crippen molar-refractivity contribution >= 4 is 11.8 Å². The van der Waals surface area contributed by atoms with Gasteiger partial charge in [0.1, 0.15) is 0 Å². The highest BCUT2D eigenvalue weighted by molar-refractivity contribution is 6.13. The number of carbonyl (C=O) groups is 2. The molecule has 88 valence electrons. The van der Waals surface area contributed by atoms with Crippen LogP contribution >= 0.6 is 0 Å². The van der Waals surface area contributed by atoms with Crippen LogP contribution in [0.2, 0.25) is 0 Å². The van der Waals surface area contributed by atoms with Gasteiger partial charge < -0.3 is 0 Å². The molecule has 2 rings (SSSR count). The van der Waals surface area contributed by atoms with Crippen LogP contribution < -0.4 is 0 Å². The van der Waals surface area contributed by atoms with Crippen LogP contribution in [0.5, 0.6) is 0 Å². The summed E-state index contributed by atoms with van der Waals surface area (Å²) in [4.78, 5) is 24.8. The first-order chi connectivity index (χ1) is 7.61. The summed E-state index contributed by atoms with van der Waals surface area (Å²) in [6.45, 7) is 4.36. The van der Waals surface area contributed by atoms with Gasteiger partial charge in [-0.3, -0.25) is 14.5 Å². The Morgan fingerprint density at radius 2 is 1.69 bits per heavy atom. The third-order valence-corrected chi connectivity index (χ3v) is 3.81. The standard InChI is InChI=1S/C13H19NO2/c1-9(2)10-5-3-4-6-11(10)14-12(15)7-8-13(14)16/h7-11H,3-6H2,1-2H3. The Hall–Kier alpha value is -1.12. The lowest BCUT2D eigenvalue weighted by molar-refractivity contribution is -0.142. The van der Waals surface area contributed by atoms with Gasteiger partial charge in [-0.1, -0.05) is 26.7 Å². The predicted molar refractivity (Wildman–Crippen MR) is 61.6 cm³/mol. The van der Waals surface area contributed by atoms with Gasteiger partial charge in [0.25, 0.3) is 11.8 Å². The third-order valence-electron chi connectivity index (χ3n) is 3.81. The zero-order valence-corrected chi connectivity index (χ0v) is 9.98. The highest BCUT2D eigenvalue weighted by Crippen LogP contribution is 2.34. The number of imide groups is 1. The van der Waals surface area contributed by atoms with Crippen molar-refractivity contribution in [3.8, 4) is 0 Å². The zero-order chi connectivity index (χ0) is 11.7. The smallest absolute Gasteiger partial charge is 0.253 e. The van der Waals surface area contributed by atoms with E-state index < -0.39 is 0 Å². The molecule has 3 heteroatoms. The van der Waals surface area contributed by atoms with Crippen LogP contribution in [0.15, 0.2) is 12.2 Å². The Balaban J connectivity index is 2.17. The highest BCUT2D eigenvalue weighted by atomic mass is 16.2. The Morgan fingerprint density at radius 1 is 1.12 bits per heavy atom. The van der Waals surface area contributed by atoms with Gasteiger partial charge in [0.15, 0.2) is 0 Å². The molecule has 2 atom stereocenters. The Kier molecular flexibility index (Phi) is 3.13. The molecule has 0 aromatic carbocycles. The lowest BCUT2D eigenvalue weighted by Crippen LogP contribution is -2.47. The molecule has 1 aliphatic carbocycles. The average molecular weight is 221 g/mol. The average Bonchev–Trinajstić information content (AvgIpc) is 2.58. The molecule has 1 fully saturated rings. The van der Waals surface area contributed by atoms with Gasteiger partial charge in [-0.15, -0.1) is 0 Å². The van der Waals surface area contributed by atoms with E-state index in [1.807, 2.05) is 0 Å². The summed E-state index contributed by atoms with van der Waals surface area (Å²) in [6.07, 6.45) is 7.26.